The summed E-state index contributed by atoms with van der Waals surface area (Å²) in [5.74, 6) is -0.285. The van der Waals surface area contributed by atoms with Crippen molar-refractivity contribution in [1.82, 2.24) is 0 Å². The van der Waals surface area contributed by atoms with E-state index in [0.717, 1.165) is 0 Å². The molecule has 0 radical (unpaired) electrons. The quantitative estimate of drug-likeness (QED) is 0.558. The zero-order chi connectivity index (χ0) is 10.8. The number of hydrogen-bond donors (Lipinski definition) is 3. The smallest absolute Gasteiger partial charge is 0.213 e. The van der Waals surface area contributed by atoms with Crippen LogP contribution in [-0.4, -0.2) is 13.6 Å². The fourth-order valence-electron chi connectivity index (χ4n) is 0.976. The summed E-state index contributed by atoms with van der Waals surface area (Å²) >= 11 is 0. The first-order valence-electron chi connectivity index (χ1n) is 3.71. The minimum absolute atomic E-state index is 0.114. The van der Waals surface area contributed by atoms with Gasteiger partial charge in [-0.15, -0.1) is 0 Å². The number of nitrogens with two attached hydrogens (primary N) is 1. The molecule has 0 aliphatic rings. The zero-order valence-corrected chi connectivity index (χ0v) is 7.99. The molecule has 14 heavy (non-hydrogen) atoms. The highest BCUT2D eigenvalue weighted by Gasteiger charge is 2.05. The summed E-state index contributed by atoms with van der Waals surface area (Å²) in [5.41, 5.74) is 0.584. The Hall–Kier alpha value is -0.990. The van der Waals surface area contributed by atoms with Crippen LogP contribution in [0.4, 0.5) is 5.69 Å². The van der Waals surface area contributed by atoms with Crippen molar-refractivity contribution in [2.24, 2.45) is 5.14 Å². The second-order valence-corrected chi connectivity index (χ2v) is 4.42. The molecule has 0 saturated heterocycles. The minimum atomic E-state index is -3.56. The van der Waals surface area contributed by atoms with Crippen LogP contribution in [0.2, 0.25) is 0 Å². The molecule has 1 aromatic carbocycles. The first kappa shape index (κ1) is 11.1. The van der Waals surface area contributed by atoms with Crippen molar-refractivity contribution in [3.8, 4) is 0 Å². The van der Waals surface area contributed by atoms with Gasteiger partial charge < -0.3 is 5.21 Å². The summed E-state index contributed by atoms with van der Waals surface area (Å²) in [6.45, 7) is 0. The lowest BCUT2D eigenvalue weighted by molar-refractivity contribution is -0.991. The Bertz CT molecular complexity index is 398. The van der Waals surface area contributed by atoms with Crippen LogP contribution in [0.3, 0.4) is 0 Å². The maximum absolute atomic E-state index is 10.7. The van der Waals surface area contributed by atoms with E-state index < -0.39 is 15.2 Å². The molecule has 0 aliphatic heterocycles. The molecule has 0 bridgehead atoms. The van der Waals surface area contributed by atoms with Gasteiger partial charge in [0, 0.05) is 12.1 Å². The highest BCUT2D eigenvalue weighted by molar-refractivity contribution is 7.88. The van der Waals surface area contributed by atoms with E-state index in [9.17, 15) is 13.6 Å². The minimum Gasteiger partial charge on any atom is -0.595 e. The summed E-state index contributed by atoms with van der Waals surface area (Å²) < 4.78 is 21.4. The van der Waals surface area contributed by atoms with E-state index in [0.29, 0.717) is 5.56 Å². The van der Waals surface area contributed by atoms with Gasteiger partial charge in [0.15, 0.2) is 5.69 Å². The summed E-state index contributed by atoms with van der Waals surface area (Å²) in [6.07, 6.45) is 0. The van der Waals surface area contributed by atoms with Crippen LogP contribution in [0.15, 0.2) is 24.3 Å². The monoisotopic (exact) mass is 218 g/mol. The molecule has 1 unspecified atom stereocenters. The van der Waals surface area contributed by atoms with E-state index in [4.69, 9.17) is 10.3 Å². The second-order valence-electron chi connectivity index (χ2n) is 2.81. The molecule has 4 N–H and O–H groups in total. The predicted molar refractivity (Wildman–Crippen MR) is 49.0 cm³/mol. The van der Waals surface area contributed by atoms with Gasteiger partial charge in [-0.25, -0.2) is 18.8 Å². The molecule has 0 fully saturated rings. The Kier molecular flexibility index (Phi) is 3.19. The molecular formula is C7H10N2O4S. The van der Waals surface area contributed by atoms with Crippen molar-refractivity contribution < 1.29 is 18.9 Å². The van der Waals surface area contributed by atoms with Crippen molar-refractivity contribution in [2.75, 3.05) is 0 Å². The summed E-state index contributed by atoms with van der Waals surface area (Å²) in [6, 6.07) is 5.52. The van der Waals surface area contributed by atoms with Gasteiger partial charge in [0.2, 0.25) is 10.0 Å². The molecule has 0 saturated carbocycles. The number of primary sulfonamides is 1. The lowest BCUT2D eigenvalue weighted by Crippen LogP contribution is -2.99. The van der Waals surface area contributed by atoms with Crippen molar-refractivity contribution >= 4 is 15.7 Å². The lowest BCUT2D eigenvalue weighted by Gasteiger charge is -2.11. The van der Waals surface area contributed by atoms with E-state index in [1.165, 1.54) is 24.3 Å². The van der Waals surface area contributed by atoms with E-state index in [2.05, 4.69) is 0 Å². The van der Waals surface area contributed by atoms with Crippen LogP contribution < -0.4 is 10.4 Å². The molecule has 0 aliphatic carbocycles. The van der Waals surface area contributed by atoms with E-state index >= 15 is 0 Å². The predicted octanol–water partition coefficient (Wildman–Crippen LogP) is -1.12. The number of quaternary nitrogens is 1. The molecule has 1 aromatic rings. The number of hydrogen-bond acceptors (Lipinski definition) is 4. The summed E-state index contributed by atoms with van der Waals surface area (Å²) in [5, 5.41) is 22.8. The number of benzene rings is 1. The van der Waals surface area contributed by atoms with Crippen molar-refractivity contribution in [3.05, 3.63) is 35.0 Å². The van der Waals surface area contributed by atoms with Gasteiger partial charge in [-0.05, 0) is 5.56 Å². The number of sulfonamides is 1. The molecule has 0 aromatic heterocycles. The van der Waals surface area contributed by atoms with Crippen LogP contribution in [0, 0.1) is 5.21 Å². The SMILES string of the molecule is NS(=O)(=O)Cc1ccc([NH+]([O-])O)cc1. The highest BCUT2D eigenvalue weighted by atomic mass is 32.2. The third-order valence-electron chi connectivity index (χ3n) is 1.57. The first-order chi connectivity index (χ1) is 6.38. The van der Waals surface area contributed by atoms with E-state index in [1.54, 1.807) is 0 Å². The molecule has 78 valence electrons. The Labute approximate surface area is 81.2 Å². The molecule has 1 atom stereocenters. The topological polar surface area (TPSA) is 108 Å². The third-order valence-corrected chi connectivity index (χ3v) is 2.30. The molecule has 0 heterocycles. The Balaban J connectivity index is 2.84. The third kappa shape index (κ3) is 3.40. The van der Waals surface area contributed by atoms with Gasteiger partial charge in [0.05, 0.1) is 5.75 Å². The van der Waals surface area contributed by atoms with Gasteiger partial charge >= 0.3 is 0 Å². The molecule has 7 heteroatoms. The average molecular weight is 218 g/mol. The van der Waals surface area contributed by atoms with Crippen molar-refractivity contribution in [2.45, 2.75) is 5.75 Å². The van der Waals surface area contributed by atoms with Gasteiger partial charge in [-0.2, -0.15) is 5.23 Å². The normalized spacial score (nSPS) is 13.9. The summed E-state index contributed by atoms with van der Waals surface area (Å²) in [7, 11) is -3.56. The second kappa shape index (κ2) is 4.03. The van der Waals surface area contributed by atoms with Gasteiger partial charge in [0.1, 0.15) is 0 Å². The molecule has 6 nitrogen and oxygen atoms in total. The zero-order valence-electron chi connectivity index (χ0n) is 7.17. The summed E-state index contributed by atoms with van der Waals surface area (Å²) in [4.78, 5) is 0. The molecule has 0 amide bonds. The Morgan fingerprint density at radius 3 is 2.21 bits per heavy atom. The van der Waals surface area contributed by atoms with Gasteiger partial charge in [-0.3, -0.25) is 0 Å². The maximum atomic E-state index is 10.7. The van der Waals surface area contributed by atoms with Crippen molar-refractivity contribution in [1.29, 1.82) is 0 Å². The average Bonchev–Trinajstić information content (AvgIpc) is 2.02. The molecular weight excluding hydrogens is 208 g/mol. The molecule has 0 spiro atoms. The van der Waals surface area contributed by atoms with Gasteiger partial charge in [-0.1, -0.05) is 12.1 Å². The fraction of sp³-hybridized carbons (Fsp3) is 0.143. The lowest BCUT2D eigenvalue weighted by atomic mass is 10.2. The molecule has 1 rings (SSSR count). The van der Waals surface area contributed by atoms with Crippen LogP contribution in [0.5, 0.6) is 0 Å². The largest absolute Gasteiger partial charge is 0.595 e. The van der Waals surface area contributed by atoms with E-state index in [-0.39, 0.29) is 11.4 Å². The van der Waals surface area contributed by atoms with E-state index in [1.807, 2.05) is 0 Å². The van der Waals surface area contributed by atoms with Crippen LogP contribution in [0.1, 0.15) is 5.56 Å². The number of rotatable bonds is 3. The number of nitrogens with one attached hydrogen (secondary N) is 1. The van der Waals surface area contributed by atoms with Crippen LogP contribution in [0.25, 0.3) is 0 Å². The highest BCUT2D eigenvalue weighted by Crippen LogP contribution is 2.07. The maximum Gasteiger partial charge on any atom is 0.213 e. The standard InChI is InChI=1S/C7H10N2O4S/c8-14(12,13)5-6-1-3-7(4-2-6)9(10)11/h1-4,9-10H,5H2,(H2,8,12,13). The van der Waals surface area contributed by atoms with Gasteiger partial charge in [0.25, 0.3) is 0 Å². The fourth-order valence-corrected chi connectivity index (χ4v) is 1.63. The van der Waals surface area contributed by atoms with Crippen LogP contribution in [-0.2, 0) is 15.8 Å². The van der Waals surface area contributed by atoms with Crippen molar-refractivity contribution in [3.63, 3.8) is 0 Å². The Morgan fingerprint density at radius 2 is 1.86 bits per heavy atom. The van der Waals surface area contributed by atoms with Crippen LogP contribution >= 0.6 is 0 Å². The Morgan fingerprint density at radius 1 is 1.36 bits per heavy atom. The first-order valence-corrected chi connectivity index (χ1v) is 5.43.